The second-order valence-corrected chi connectivity index (χ2v) is 12.4. The van der Waals surface area contributed by atoms with Gasteiger partial charge in [0, 0.05) is 0 Å². The molecule has 0 aromatic heterocycles. The molecule has 0 radical (unpaired) electrons. The van der Waals surface area contributed by atoms with Crippen LogP contribution < -0.4 is 0 Å². The molecule has 0 aromatic rings. The summed E-state index contributed by atoms with van der Waals surface area (Å²) >= 11 is 0. The lowest BCUT2D eigenvalue weighted by Crippen LogP contribution is -2.41. The van der Waals surface area contributed by atoms with Gasteiger partial charge >= 0.3 is 0 Å². The van der Waals surface area contributed by atoms with Crippen molar-refractivity contribution >= 4 is 8.32 Å². The Labute approximate surface area is 119 Å². The van der Waals surface area contributed by atoms with Crippen molar-refractivity contribution in [2.24, 2.45) is 0 Å². The van der Waals surface area contributed by atoms with E-state index >= 15 is 0 Å². The van der Waals surface area contributed by atoms with Crippen LogP contribution in [0.4, 0.5) is 0 Å². The van der Waals surface area contributed by atoms with Crippen molar-refractivity contribution in [1.82, 2.24) is 0 Å². The predicted molar refractivity (Wildman–Crippen MR) is 82.7 cm³/mol. The monoisotopic (exact) mass is 282 g/mol. The first-order chi connectivity index (χ1) is 8.72. The van der Waals surface area contributed by atoms with E-state index in [-0.39, 0.29) is 16.7 Å². The molecular weight excluding hydrogens is 252 g/mol. The van der Waals surface area contributed by atoms with Gasteiger partial charge in [-0.15, -0.1) is 0 Å². The number of rotatable bonds is 5. The highest BCUT2D eigenvalue weighted by Crippen LogP contribution is 2.53. The minimum Gasteiger partial charge on any atom is -0.545 e. The molecule has 1 aliphatic heterocycles. The van der Waals surface area contributed by atoms with Gasteiger partial charge in [0.15, 0.2) is 0 Å². The molecule has 0 spiro atoms. The summed E-state index contributed by atoms with van der Waals surface area (Å²) in [6.07, 6.45) is 8.56. The highest BCUT2D eigenvalue weighted by atomic mass is 28.4. The van der Waals surface area contributed by atoms with Crippen LogP contribution in [0.2, 0.25) is 18.1 Å². The molecule has 1 fully saturated rings. The Morgan fingerprint density at radius 2 is 2.11 bits per heavy atom. The summed E-state index contributed by atoms with van der Waals surface area (Å²) in [6, 6.07) is 0. The van der Waals surface area contributed by atoms with Crippen molar-refractivity contribution < 1.29 is 9.16 Å². The third-order valence-corrected chi connectivity index (χ3v) is 9.44. The van der Waals surface area contributed by atoms with Crippen molar-refractivity contribution in [2.75, 3.05) is 0 Å². The molecule has 2 atom stereocenters. The Bertz CT molecular complexity index is 367. The molecule has 2 nitrogen and oxygen atoms in total. The number of allylic oxidation sites excluding steroid dienone is 1. The molecule has 1 aliphatic carbocycles. The lowest BCUT2D eigenvalue weighted by atomic mass is 9.88. The van der Waals surface area contributed by atoms with E-state index in [0.29, 0.717) is 0 Å². The molecule has 0 saturated carbocycles. The van der Waals surface area contributed by atoms with E-state index in [9.17, 15) is 0 Å². The summed E-state index contributed by atoms with van der Waals surface area (Å²) in [5.74, 6) is 1.15. The molecular formula is C16H30O2Si. The molecule has 2 aliphatic rings. The summed E-state index contributed by atoms with van der Waals surface area (Å²) in [4.78, 5) is 0. The van der Waals surface area contributed by atoms with Gasteiger partial charge in [-0.1, -0.05) is 40.5 Å². The van der Waals surface area contributed by atoms with E-state index in [1.54, 1.807) is 0 Å². The molecule has 1 heterocycles. The molecule has 0 amide bonds. The minimum atomic E-state index is -1.72. The van der Waals surface area contributed by atoms with E-state index in [0.717, 1.165) is 12.2 Å². The lowest BCUT2D eigenvalue weighted by molar-refractivity contribution is 0.264. The van der Waals surface area contributed by atoms with Gasteiger partial charge < -0.3 is 9.16 Å². The number of fused-ring (bicyclic) bond motifs is 1. The van der Waals surface area contributed by atoms with E-state index < -0.39 is 8.32 Å². The van der Waals surface area contributed by atoms with E-state index in [1.165, 1.54) is 25.7 Å². The van der Waals surface area contributed by atoms with Crippen molar-refractivity contribution in [3.8, 4) is 0 Å². The SMILES string of the molecule is CCCCC12CCC=C(O[Si](C)(C)C(C)(C)C)C1O2. The smallest absolute Gasteiger partial charge is 0.250 e. The van der Waals surface area contributed by atoms with Crippen molar-refractivity contribution in [3.05, 3.63) is 11.8 Å². The first-order valence-corrected chi connectivity index (χ1v) is 10.7. The topological polar surface area (TPSA) is 21.8 Å². The van der Waals surface area contributed by atoms with Gasteiger partial charge in [-0.05, 0) is 43.5 Å². The van der Waals surface area contributed by atoms with Gasteiger partial charge in [0.05, 0.1) is 0 Å². The highest BCUT2D eigenvalue weighted by Gasteiger charge is 2.60. The van der Waals surface area contributed by atoms with Crippen LogP contribution in [0.25, 0.3) is 0 Å². The molecule has 0 N–H and O–H groups in total. The van der Waals surface area contributed by atoms with Crippen LogP contribution in [0.5, 0.6) is 0 Å². The fourth-order valence-electron chi connectivity index (χ4n) is 2.61. The second kappa shape index (κ2) is 4.92. The van der Waals surface area contributed by atoms with Gasteiger partial charge in [0.2, 0.25) is 8.32 Å². The van der Waals surface area contributed by atoms with Crippen molar-refractivity contribution in [3.63, 3.8) is 0 Å². The maximum Gasteiger partial charge on any atom is 0.250 e. The summed E-state index contributed by atoms with van der Waals surface area (Å²) in [5, 5.41) is 0.256. The molecule has 110 valence electrons. The van der Waals surface area contributed by atoms with E-state index in [2.05, 4.69) is 46.9 Å². The maximum absolute atomic E-state index is 6.48. The first-order valence-electron chi connectivity index (χ1n) is 7.79. The third kappa shape index (κ3) is 2.92. The van der Waals surface area contributed by atoms with Gasteiger partial charge in [-0.25, -0.2) is 0 Å². The average Bonchev–Trinajstić information content (AvgIpc) is 3.01. The zero-order valence-corrected chi connectivity index (χ0v) is 14.5. The largest absolute Gasteiger partial charge is 0.545 e. The molecule has 19 heavy (non-hydrogen) atoms. The Kier molecular flexibility index (Phi) is 3.91. The van der Waals surface area contributed by atoms with Crippen LogP contribution in [0.15, 0.2) is 11.8 Å². The second-order valence-electron chi connectivity index (χ2n) is 7.67. The van der Waals surface area contributed by atoms with Crippen LogP contribution in [0.3, 0.4) is 0 Å². The van der Waals surface area contributed by atoms with Crippen molar-refractivity contribution in [1.29, 1.82) is 0 Å². The van der Waals surface area contributed by atoms with Gasteiger partial charge in [-0.3, -0.25) is 0 Å². The first kappa shape index (κ1) is 15.1. The van der Waals surface area contributed by atoms with Crippen molar-refractivity contribution in [2.45, 2.75) is 89.6 Å². The summed E-state index contributed by atoms with van der Waals surface area (Å²) in [5.41, 5.74) is 0.141. The summed E-state index contributed by atoms with van der Waals surface area (Å²) in [7, 11) is -1.72. The van der Waals surface area contributed by atoms with E-state index in [4.69, 9.17) is 9.16 Å². The van der Waals surface area contributed by atoms with Gasteiger partial charge in [-0.2, -0.15) is 0 Å². The normalized spacial score (nSPS) is 30.6. The summed E-state index contributed by atoms with van der Waals surface area (Å²) in [6.45, 7) is 13.8. The Morgan fingerprint density at radius 1 is 1.42 bits per heavy atom. The highest BCUT2D eigenvalue weighted by molar-refractivity contribution is 6.74. The predicted octanol–water partition coefficient (Wildman–Crippen LogP) is 5.01. The van der Waals surface area contributed by atoms with Gasteiger partial charge in [0.25, 0.3) is 0 Å². The zero-order chi connectivity index (χ0) is 14.3. The molecule has 0 bridgehead atoms. The van der Waals surface area contributed by atoms with Crippen LogP contribution >= 0.6 is 0 Å². The van der Waals surface area contributed by atoms with Crippen LogP contribution in [-0.4, -0.2) is 20.0 Å². The maximum atomic E-state index is 6.48. The Hall–Kier alpha value is -0.283. The third-order valence-electron chi connectivity index (χ3n) is 5.08. The van der Waals surface area contributed by atoms with Crippen LogP contribution in [0.1, 0.15) is 59.8 Å². The van der Waals surface area contributed by atoms with Crippen LogP contribution in [0, 0.1) is 0 Å². The molecule has 3 heteroatoms. The van der Waals surface area contributed by atoms with Gasteiger partial charge in [0.1, 0.15) is 17.5 Å². The number of hydrogen-bond acceptors (Lipinski definition) is 2. The molecule has 2 unspecified atom stereocenters. The molecule has 0 aromatic carbocycles. The number of unbranched alkanes of at least 4 members (excludes halogenated alkanes) is 1. The standard InChI is InChI=1S/C16H30O2Si/c1-7-8-11-16-12-9-10-13(14(16)17-16)18-19(5,6)15(2,3)4/h10,14H,7-9,11-12H2,1-6H3. The van der Waals surface area contributed by atoms with E-state index in [1.807, 2.05) is 0 Å². The Balaban J connectivity index is 2.02. The minimum absolute atomic E-state index is 0.141. The number of epoxide rings is 1. The number of ether oxygens (including phenoxy) is 1. The quantitative estimate of drug-likeness (QED) is 0.522. The zero-order valence-electron chi connectivity index (χ0n) is 13.5. The fourth-order valence-corrected chi connectivity index (χ4v) is 3.69. The molecule has 1 saturated heterocycles. The average molecular weight is 282 g/mol. The fraction of sp³-hybridized carbons (Fsp3) is 0.875. The lowest BCUT2D eigenvalue weighted by Gasteiger charge is -2.37. The number of hydrogen-bond donors (Lipinski definition) is 0. The van der Waals surface area contributed by atoms with Crippen LogP contribution in [-0.2, 0) is 9.16 Å². The molecule has 2 rings (SSSR count). The summed E-state index contributed by atoms with van der Waals surface area (Å²) < 4.78 is 12.5. The Morgan fingerprint density at radius 3 is 2.68 bits per heavy atom.